The van der Waals surface area contributed by atoms with Crippen LogP contribution in [0.15, 0.2) is 27.7 Å². The molecular weight excluding hydrogens is 377 g/mol. The van der Waals surface area contributed by atoms with Crippen molar-refractivity contribution in [2.45, 2.75) is 36.8 Å². The fourth-order valence-electron chi connectivity index (χ4n) is 3.24. The molecule has 126 valence electrons. The molecule has 1 spiro atoms. The van der Waals surface area contributed by atoms with Gasteiger partial charge in [-0.3, -0.25) is 0 Å². The molecule has 8 heteroatoms. The van der Waals surface area contributed by atoms with Gasteiger partial charge in [0.2, 0.25) is 0 Å². The van der Waals surface area contributed by atoms with Gasteiger partial charge < -0.3 is 15.2 Å². The van der Waals surface area contributed by atoms with Crippen molar-refractivity contribution >= 4 is 22.0 Å². The highest BCUT2D eigenvalue weighted by Gasteiger charge is 2.70. The van der Waals surface area contributed by atoms with Crippen LogP contribution >= 0.6 is 15.9 Å². The molecule has 2 aliphatic rings. The first-order valence-electron chi connectivity index (χ1n) is 7.17. The molecule has 0 saturated carbocycles. The van der Waals surface area contributed by atoms with Crippen molar-refractivity contribution in [1.29, 1.82) is 0 Å². The van der Waals surface area contributed by atoms with Gasteiger partial charge in [-0.2, -0.15) is 8.78 Å². The molecule has 1 aromatic carbocycles. The van der Waals surface area contributed by atoms with Gasteiger partial charge in [0.15, 0.2) is 11.1 Å². The Labute approximate surface area is 140 Å². The summed E-state index contributed by atoms with van der Waals surface area (Å²) in [6.45, 7) is 1.43. The van der Waals surface area contributed by atoms with E-state index in [1.165, 1.54) is 19.1 Å². The van der Waals surface area contributed by atoms with Crippen LogP contribution < -0.4 is 5.73 Å². The van der Waals surface area contributed by atoms with Gasteiger partial charge in [-0.05, 0) is 25.1 Å². The zero-order chi connectivity index (χ0) is 16.9. The molecule has 0 aromatic heterocycles. The summed E-state index contributed by atoms with van der Waals surface area (Å²) in [5.74, 6) is -4.23. The second kappa shape index (κ2) is 5.37. The first-order chi connectivity index (χ1) is 10.7. The molecule has 2 heterocycles. The number of rotatable bonds is 1. The molecule has 1 atom stereocenters. The fourth-order valence-corrected chi connectivity index (χ4v) is 3.60. The van der Waals surface area contributed by atoms with E-state index in [2.05, 4.69) is 20.9 Å². The van der Waals surface area contributed by atoms with Crippen LogP contribution in [0, 0.1) is 5.82 Å². The van der Waals surface area contributed by atoms with Gasteiger partial charge in [0.1, 0.15) is 5.82 Å². The maximum absolute atomic E-state index is 15.4. The Hall–Kier alpha value is -1.28. The molecule has 0 amide bonds. The Morgan fingerprint density at radius 2 is 1.91 bits per heavy atom. The summed E-state index contributed by atoms with van der Waals surface area (Å²) in [5, 5.41) is 0. The predicted molar refractivity (Wildman–Crippen MR) is 81.9 cm³/mol. The van der Waals surface area contributed by atoms with Crippen molar-refractivity contribution in [3.8, 4) is 0 Å². The van der Waals surface area contributed by atoms with Gasteiger partial charge in [0.05, 0.1) is 13.2 Å². The van der Waals surface area contributed by atoms with Crippen LogP contribution in [-0.2, 0) is 15.0 Å². The highest BCUT2D eigenvalue weighted by Crippen LogP contribution is 2.55. The lowest BCUT2D eigenvalue weighted by molar-refractivity contribution is -0.247. The van der Waals surface area contributed by atoms with Crippen molar-refractivity contribution in [2.75, 3.05) is 13.2 Å². The maximum Gasteiger partial charge on any atom is 0.315 e. The van der Waals surface area contributed by atoms with E-state index < -0.39 is 22.9 Å². The number of alkyl halides is 2. The molecule has 0 radical (unpaired) electrons. The smallest absolute Gasteiger partial charge is 0.315 e. The third-order valence-electron chi connectivity index (χ3n) is 4.57. The van der Waals surface area contributed by atoms with Crippen LogP contribution in [-0.4, -0.2) is 30.8 Å². The monoisotopic (exact) mass is 392 g/mol. The van der Waals surface area contributed by atoms with Gasteiger partial charge in [0, 0.05) is 22.9 Å². The largest absolute Gasteiger partial charge is 0.452 e. The Bertz CT molecular complexity index is 662. The first-order valence-corrected chi connectivity index (χ1v) is 7.97. The summed E-state index contributed by atoms with van der Waals surface area (Å²) in [7, 11) is 0. The maximum atomic E-state index is 15.4. The number of nitrogens with zero attached hydrogens (tertiary/aromatic N) is 1. The average Bonchev–Trinajstić information content (AvgIpc) is 2.48. The van der Waals surface area contributed by atoms with E-state index in [9.17, 15) is 4.39 Å². The number of halogens is 4. The van der Waals surface area contributed by atoms with Crippen LogP contribution in [0.3, 0.4) is 0 Å². The van der Waals surface area contributed by atoms with Crippen molar-refractivity contribution < 1.29 is 22.6 Å². The van der Waals surface area contributed by atoms with E-state index in [-0.39, 0.29) is 37.6 Å². The topological polar surface area (TPSA) is 56.8 Å². The number of nitrogens with two attached hydrogens (primary N) is 1. The van der Waals surface area contributed by atoms with Crippen LogP contribution in [0.1, 0.15) is 25.3 Å². The number of hydrogen-bond acceptors (Lipinski definition) is 4. The Morgan fingerprint density at radius 3 is 2.57 bits per heavy atom. The SMILES string of the molecule is C[C@@]1(c2cc(Br)ccc2F)N=C(N)OC2(CCOCC2)C1(F)F. The van der Waals surface area contributed by atoms with Crippen molar-refractivity contribution in [1.82, 2.24) is 0 Å². The lowest BCUT2D eigenvalue weighted by Crippen LogP contribution is -2.66. The van der Waals surface area contributed by atoms with Crippen molar-refractivity contribution in [3.63, 3.8) is 0 Å². The zero-order valence-corrected chi connectivity index (χ0v) is 14.0. The summed E-state index contributed by atoms with van der Waals surface area (Å²) in [4.78, 5) is 3.81. The quantitative estimate of drug-likeness (QED) is 0.797. The molecule has 0 aliphatic carbocycles. The summed E-state index contributed by atoms with van der Waals surface area (Å²) in [5.41, 5.74) is 1.44. The van der Waals surface area contributed by atoms with Crippen LogP contribution in [0.25, 0.3) is 0 Å². The minimum atomic E-state index is -3.46. The minimum absolute atomic E-state index is 0.0402. The predicted octanol–water partition coefficient (Wildman–Crippen LogP) is 3.33. The van der Waals surface area contributed by atoms with Crippen LogP contribution in [0.5, 0.6) is 0 Å². The molecule has 1 aromatic rings. The van der Waals surface area contributed by atoms with E-state index in [4.69, 9.17) is 15.2 Å². The number of ether oxygens (including phenoxy) is 2. The van der Waals surface area contributed by atoms with E-state index in [0.717, 1.165) is 6.07 Å². The molecule has 23 heavy (non-hydrogen) atoms. The van der Waals surface area contributed by atoms with E-state index in [1.54, 1.807) is 0 Å². The van der Waals surface area contributed by atoms with E-state index in [1.807, 2.05) is 0 Å². The van der Waals surface area contributed by atoms with Gasteiger partial charge in [0.25, 0.3) is 6.02 Å². The third-order valence-corrected chi connectivity index (χ3v) is 5.06. The Balaban J connectivity index is 2.20. The van der Waals surface area contributed by atoms with Crippen LogP contribution in [0.4, 0.5) is 13.2 Å². The molecule has 1 fully saturated rings. The van der Waals surface area contributed by atoms with Gasteiger partial charge in [-0.25, -0.2) is 9.38 Å². The minimum Gasteiger partial charge on any atom is -0.452 e. The van der Waals surface area contributed by atoms with Crippen molar-refractivity contribution in [2.24, 2.45) is 10.7 Å². The zero-order valence-electron chi connectivity index (χ0n) is 12.4. The third kappa shape index (κ3) is 2.34. The number of aliphatic imine (C=N–C) groups is 1. The molecule has 4 nitrogen and oxygen atoms in total. The molecule has 2 aliphatic heterocycles. The summed E-state index contributed by atoms with van der Waals surface area (Å²) in [6.07, 6.45) is -0.0805. The molecule has 3 rings (SSSR count). The second-order valence-corrected chi connectivity index (χ2v) is 6.85. The molecule has 0 unspecified atom stereocenters. The van der Waals surface area contributed by atoms with Gasteiger partial charge in [-0.1, -0.05) is 15.9 Å². The average molecular weight is 393 g/mol. The highest BCUT2D eigenvalue weighted by molar-refractivity contribution is 9.10. The lowest BCUT2D eigenvalue weighted by atomic mass is 9.72. The lowest BCUT2D eigenvalue weighted by Gasteiger charge is -2.51. The summed E-state index contributed by atoms with van der Waals surface area (Å²) < 4.78 is 56.1. The van der Waals surface area contributed by atoms with Gasteiger partial charge in [-0.15, -0.1) is 0 Å². The van der Waals surface area contributed by atoms with Crippen molar-refractivity contribution in [3.05, 3.63) is 34.1 Å². The normalized spacial score (nSPS) is 29.0. The first kappa shape index (κ1) is 16.6. The number of benzene rings is 1. The molecule has 2 N–H and O–H groups in total. The van der Waals surface area contributed by atoms with Crippen LogP contribution in [0.2, 0.25) is 0 Å². The fraction of sp³-hybridized carbons (Fsp3) is 0.533. The molecule has 1 saturated heterocycles. The summed E-state index contributed by atoms with van der Waals surface area (Å²) >= 11 is 3.18. The number of hydrogen-bond donors (Lipinski definition) is 1. The Kier molecular flexibility index (Phi) is 3.87. The number of amidine groups is 1. The second-order valence-electron chi connectivity index (χ2n) is 5.93. The van der Waals surface area contributed by atoms with Gasteiger partial charge >= 0.3 is 5.92 Å². The standard InChI is InChI=1S/C15H16BrF3N2O2/c1-13(10-8-9(16)2-3-11(10)17)15(18,19)14(23-12(20)21-13)4-6-22-7-5-14/h2-3,8H,4-7H2,1H3,(H2,20,21)/t13-/m0/s1. The van der Waals surface area contributed by atoms with E-state index >= 15 is 8.78 Å². The molecular formula is C15H16BrF3N2O2. The Morgan fingerprint density at radius 1 is 1.26 bits per heavy atom. The highest BCUT2D eigenvalue weighted by atomic mass is 79.9. The van der Waals surface area contributed by atoms with E-state index in [0.29, 0.717) is 4.47 Å². The molecule has 0 bridgehead atoms. The summed E-state index contributed by atoms with van der Waals surface area (Å²) in [6, 6.07) is 3.51.